The Hall–Kier alpha value is -2.64. The van der Waals surface area contributed by atoms with Crippen molar-refractivity contribution < 1.29 is 25.3 Å². The lowest BCUT2D eigenvalue weighted by atomic mass is 10.2. The Morgan fingerprint density at radius 3 is 1.97 bits per heavy atom. The molecule has 3 aromatic carbocycles. The maximum Gasteiger partial charge on any atom is 0.271 e. The summed E-state index contributed by atoms with van der Waals surface area (Å²) in [5.74, 6) is 0. The summed E-state index contributed by atoms with van der Waals surface area (Å²) in [4.78, 5) is -0.440. The maximum atomic E-state index is 13.2. The number of thiophene rings is 1. The average molecular weight is 571 g/mol. The molecule has 35 heavy (non-hydrogen) atoms. The molecule has 4 aromatic rings. The fraction of sp³-hybridized carbons (Fsp3) is 0.0909. The highest BCUT2D eigenvalue weighted by atomic mass is 35.5. The number of aryl methyl sites for hydroxylation is 1. The van der Waals surface area contributed by atoms with E-state index in [-0.39, 0.29) is 25.4 Å². The predicted octanol–water partition coefficient (Wildman–Crippen LogP) is 4.87. The summed E-state index contributed by atoms with van der Waals surface area (Å²) in [6.45, 7) is 1.67. The van der Waals surface area contributed by atoms with Crippen LogP contribution in [0.25, 0.3) is 10.1 Å². The molecule has 0 fully saturated rings. The highest BCUT2D eigenvalue weighted by molar-refractivity contribution is 7.95. The molecule has 184 valence electrons. The average Bonchev–Trinajstić information content (AvgIpc) is 3.11. The molecule has 0 aliphatic rings. The van der Waals surface area contributed by atoms with Crippen LogP contribution >= 0.6 is 22.9 Å². The number of para-hydroxylation sites is 2. The van der Waals surface area contributed by atoms with Crippen molar-refractivity contribution >= 4 is 74.3 Å². The lowest BCUT2D eigenvalue weighted by molar-refractivity contribution is 0.598. The third-order valence-electron chi connectivity index (χ3n) is 5.06. The van der Waals surface area contributed by atoms with Gasteiger partial charge in [0, 0.05) is 16.0 Å². The molecule has 0 bridgehead atoms. The van der Waals surface area contributed by atoms with Gasteiger partial charge >= 0.3 is 0 Å². The van der Waals surface area contributed by atoms with Gasteiger partial charge in [0.25, 0.3) is 20.0 Å². The molecule has 8 nitrogen and oxygen atoms in total. The molecule has 0 amide bonds. The van der Waals surface area contributed by atoms with E-state index in [0.29, 0.717) is 16.0 Å². The van der Waals surface area contributed by atoms with Gasteiger partial charge in [0.15, 0.2) is 9.84 Å². The largest absolute Gasteiger partial charge is 0.277 e. The Morgan fingerprint density at radius 1 is 0.743 bits per heavy atom. The summed E-state index contributed by atoms with van der Waals surface area (Å²) in [6, 6.07) is 15.9. The molecule has 13 heteroatoms. The van der Waals surface area contributed by atoms with Crippen molar-refractivity contribution in [2.24, 2.45) is 0 Å². The first-order valence-corrected chi connectivity index (χ1v) is 16.0. The first-order chi connectivity index (χ1) is 16.3. The number of hydrogen-bond acceptors (Lipinski definition) is 7. The second-order valence-corrected chi connectivity index (χ2v) is 14.7. The van der Waals surface area contributed by atoms with E-state index in [1.54, 1.807) is 31.2 Å². The second kappa shape index (κ2) is 9.10. The van der Waals surface area contributed by atoms with Gasteiger partial charge in [-0.15, -0.1) is 11.3 Å². The van der Waals surface area contributed by atoms with Gasteiger partial charge in [0.1, 0.15) is 4.21 Å². The molecule has 0 radical (unpaired) electrons. The number of anilines is 2. The minimum absolute atomic E-state index is 0.00484. The monoisotopic (exact) mass is 570 g/mol. The van der Waals surface area contributed by atoms with Crippen LogP contribution in [0.2, 0.25) is 5.02 Å². The van der Waals surface area contributed by atoms with Crippen molar-refractivity contribution in [3.8, 4) is 0 Å². The third-order valence-corrected chi connectivity index (χ3v) is 11.0. The van der Waals surface area contributed by atoms with Crippen LogP contribution in [0, 0.1) is 6.92 Å². The lowest BCUT2D eigenvalue weighted by Crippen LogP contribution is -2.17. The van der Waals surface area contributed by atoms with Crippen LogP contribution in [0.4, 0.5) is 11.4 Å². The van der Waals surface area contributed by atoms with Gasteiger partial charge in [0.2, 0.25) is 0 Å². The molecule has 1 heterocycles. The van der Waals surface area contributed by atoms with E-state index < -0.39 is 29.9 Å². The number of sulfone groups is 1. The molecule has 0 aliphatic heterocycles. The van der Waals surface area contributed by atoms with Crippen LogP contribution in [0.5, 0.6) is 0 Å². The lowest BCUT2D eigenvalue weighted by Gasteiger charge is -2.14. The zero-order valence-corrected chi connectivity index (χ0v) is 22.3. The second-order valence-electron chi connectivity index (χ2n) is 7.66. The van der Waals surface area contributed by atoms with Gasteiger partial charge in [-0.2, -0.15) is 0 Å². The SMILES string of the molecule is Cc1c(S(=O)(=O)Nc2ccccc2NS(=O)(=O)c2cccc(S(C)(=O)=O)c2)sc2ccc(Cl)cc12. The Morgan fingerprint density at radius 2 is 1.34 bits per heavy atom. The Kier molecular flexibility index (Phi) is 6.62. The normalized spacial score (nSPS) is 12.5. The Balaban J connectivity index is 1.69. The number of benzene rings is 3. The molecule has 1 aromatic heterocycles. The van der Waals surface area contributed by atoms with Crippen LogP contribution in [0.1, 0.15) is 5.56 Å². The van der Waals surface area contributed by atoms with Crippen LogP contribution < -0.4 is 9.44 Å². The maximum absolute atomic E-state index is 13.2. The van der Waals surface area contributed by atoms with Gasteiger partial charge in [-0.3, -0.25) is 9.44 Å². The summed E-state index contributed by atoms with van der Waals surface area (Å²) in [5, 5.41) is 1.19. The van der Waals surface area contributed by atoms with Crippen molar-refractivity contribution in [2.45, 2.75) is 20.9 Å². The van der Waals surface area contributed by atoms with Crippen LogP contribution in [0.3, 0.4) is 0 Å². The van der Waals surface area contributed by atoms with Crippen LogP contribution in [0.15, 0.2) is 80.7 Å². The molecule has 0 spiro atoms. The molecule has 0 saturated carbocycles. The molecule has 4 rings (SSSR count). The standard InChI is InChI=1S/C22H19ClN2O6S4/c1-14-18-12-15(23)10-11-21(18)32-22(14)35(30,31)25-20-9-4-3-8-19(20)24-34(28,29)17-7-5-6-16(13-17)33(2,26)27/h3-13,24-25H,1-2H3. The molecular formula is C22H19ClN2O6S4. The smallest absolute Gasteiger partial charge is 0.271 e. The number of hydrogen-bond donors (Lipinski definition) is 2. The zero-order chi connectivity index (χ0) is 25.6. The van der Waals surface area contributed by atoms with Crippen molar-refractivity contribution in [3.63, 3.8) is 0 Å². The quantitative estimate of drug-likeness (QED) is 0.326. The topological polar surface area (TPSA) is 126 Å². The van der Waals surface area contributed by atoms with Crippen LogP contribution in [-0.2, 0) is 29.9 Å². The van der Waals surface area contributed by atoms with E-state index in [4.69, 9.17) is 11.6 Å². The Labute approximate surface area is 212 Å². The van der Waals surface area contributed by atoms with E-state index >= 15 is 0 Å². The van der Waals surface area contributed by atoms with Gasteiger partial charge < -0.3 is 0 Å². The van der Waals surface area contributed by atoms with Crippen LogP contribution in [-0.4, -0.2) is 31.5 Å². The van der Waals surface area contributed by atoms with E-state index in [2.05, 4.69) is 9.44 Å². The van der Waals surface area contributed by atoms with Gasteiger partial charge in [-0.25, -0.2) is 25.3 Å². The Bertz CT molecular complexity index is 1780. The first-order valence-electron chi connectivity index (χ1n) is 9.91. The zero-order valence-electron chi connectivity index (χ0n) is 18.3. The van der Waals surface area contributed by atoms with Gasteiger partial charge in [0.05, 0.1) is 21.2 Å². The summed E-state index contributed by atoms with van der Waals surface area (Å²) in [6.07, 6.45) is 0.972. The van der Waals surface area contributed by atoms with E-state index in [1.807, 2.05) is 0 Å². The molecule has 0 aliphatic carbocycles. The third kappa shape index (κ3) is 5.31. The van der Waals surface area contributed by atoms with Gasteiger partial charge in [-0.05, 0) is 66.4 Å². The summed E-state index contributed by atoms with van der Waals surface area (Å²) in [5.41, 5.74) is 0.503. The minimum atomic E-state index is -4.23. The molecule has 0 unspecified atom stereocenters. The highest BCUT2D eigenvalue weighted by Gasteiger charge is 2.24. The molecule has 0 saturated heterocycles. The number of sulfonamides is 2. The summed E-state index contributed by atoms with van der Waals surface area (Å²) >= 11 is 7.13. The van der Waals surface area contributed by atoms with Crippen molar-refractivity contribution in [3.05, 3.63) is 77.3 Å². The van der Waals surface area contributed by atoms with E-state index in [1.165, 1.54) is 36.4 Å². The van der Waals surface area contributed by atoms with Crippen molar-refractivity contribution in [2.75, 3.05) is 15.7 Å². The number of halogens is 1. The minimum Gasteiger partial charge on any atom is -0.277 e. The molecule has 0 atom stereocenters. The summed E-state index contributed by atoms with van der Waals surface area (Å²) < 4.78 is 81.7. The van der Waals surface area contributed by atoms with E-state index in [0.717, 1.165) is 28.4 Å². The number of nitrogens with one attached hydrogen (secondary N) is 2. The number of rotatable bonds is 7. The predicted molar refractivity (Wildman–Crippen MR) is 139 cm³/mol. The molecular weight excluding hydrogens is 552 g/mol. The summed E-state index contributed by atoms with van der Waals surface area (Å²) in [7, 11) is -11.9. The first kappa shape index (κ1) is 25.5. The van der Waals surface area contributed by atoms with Gasteiger partial charge in [-0.1, -0.05) is 29.8 Å². The van der Waals surface area contributed by atoms with Crippen molar-refractivity contribution in [1.29, 1.82) is 0 Å². The fourth-order valence-corrected chi connectivity index (χ4v) is 8.22. The highest BCUT2D eigenvalue weighted by Crippen LogP contribution is 2.37. The van der Waals surface area contributed by atoms with E-state index in [9.17, 15) is 25.3 Å². The fourth-order valence-electron chi connectivity index (χ4n) is 3.35. The molecule has 2 N–H and O–H groups in total. The number of fused-ring (bicyclic) bond motifs is 1. The van der Waals surface area contributed by atoms with Crippen molar-refractivity contribution in [1.82, 2.24) is 0 Å².